The fourth-order valence-corrected chi connectivity index (χ4v) is 6.54. The fraction of sp³-hybridized carbons (Fsp3) is 0.500. The Bertz CT molecular complexity index is 1400. The van der Waals surface area contributed by atoms with E-state index in [1.165, 1.54) is 10.6 Å². The zero-order valence-corrected chi connectivity index (χ0v) is 21.2. The van der Waals surface area contributed by atoms with Crippen molar-refractivity contribution >= 4 is 5.82 Å². The second-order valence-electron chi connectivity index (χ2n) is 11.2. The van der Waals surface area contributed by atoms with Crippen LogP contribution in [0.1, 0.15) is 51.4 Å². The van der Waals surface area contributed by atoms with Gasteiger partial charge >= 0.3 is 6.18 Å². The maximum absolute atomic E-state index is 14.2. The lowest BCUT2D eigenvalue weighted by Crippen LogP contribution is -2.53. The fourth-order valence-electron chi connectivity index (χ4n) is 6.54. The molecular formula is C28H30F3N5O2. The normalized spacial score (nSPS) is 25.3. The second-order valence-corrected chi connectivity index (χ2v) is 11.2. The Balaban J connectivity index is 1.26. The molecule has 3 aliphatic rings. The minimum absolute atomic E-state index is 0.0519. The van der Waals surface area contributed by atoms with Gasteiger partial charge < -0.3 is 14.6 Å². The number of anilines is 1. The molecule has 1 aromatic carbocycles. The van der Waals surface area contributed by atoms with Crippen molar-refractivity contribution in [3.8, 4) is 28.3 Å². The summed E-state index contributed by atoms with van der Waals surface area (Å²) in [5, 5.41) is 19.4. The Morgan fingerprint density at radius 3 is 2.50 bits per heavy atom. The first-order chi connectivity index (χ1) is 18.1. The number of fused-ring (bicyclic) bond motifs is 2. The van der Waals surface area contributed by atoms with Gasteiger partial charge in [-0.3, -0.25) is 4.79 Å². The highest BCUT2D eigenvalue weighted by molar-refractivity contribution is 5.72. The molecule has 3 fully saturated rings. The SMILES string of the molecule is Cn1ccc(-c2ccc(-c3ncc(N(C4CC4)[C@H]4C[C@@H]5CCC[C@@](C(F)(F)F)(C5)C4)nn3)c(O)c2)cc1=O. The van der Waals surface area contributed by atoms with Gasteiger partial charge in [-0.1, -0.05) is 18.9 Å². The lowest BCUT2D eigenvalue weighted by Gasteiger charge is -2.51. The Labute approximate surface area is 218 Å². The van der Waals surface area contributed by atoms with E-state index in [0.717, 1.165) is 25.7 Å². The predicted octanol–water partition coefficient (Wildman–Crippen LogP) is 5.48. The van der Waals surface area contributed by atoms with Gasteiger partial charge in [-0.15, -0.1) is 10.2 Å². The van der Waals surface area contributed by atoms with Crippen LogP contribution in [0.4, 0.5) is 19.0 Å². The van der Waals surface area contributed by atoms with E-state index in [1.807, 2.05) is 4.90 Å². The second kappa shape index (κ2) is 9.10. The molecule has 7 nitrogen and oxygen atoms in total. The van der Waals surface area contributed by atoms with Crippen molar-refractivity contribution in [2.24, 2.45) is 18.4 Å². The number of alkyl halides is 3. The van der Waals surface area contributed by atoms with Crippen LogP contribution in [-0.4, -0.2) is 43.1 Å². The molecule has 0 saturated heterocycles. The van der Waals surface area contributed by atoms with Crippen molar-refractivity contribution in [1.82, 2.24) is 19.7 Å². The molecule has 10 heteroatoms. The van der Waals surface area contributed by atoms with E-state index in [0.29, 0.717) is 28.9 Å². The van der Waals surface area contributed by atoms with Gasteiger partial charge in [-0.2, -0.15) is 13.2 Å². The quantitative estimate of drug-likeness (QED) is 0.475. The summed E-state index contributed by atoms with van der Waals surface area (Å²) in [4.78, 5) is 18.5. The van der Waals surface area contributed by atoms with Gasteiger partial charge in [-0.25, -0.2) is 4.98 Å². The number of nitrogens with zero attached hydrogens (tertiary/aromatic N) is 5. The summed E-state index contributed by atoms with van der Waals surface area (Å²) < 4.78 is 44.1. The number of benzene rings is 1. The summed E-state index contributed by atoms with van der Waals surface area (Å²) in [7, 11) is 1.67. The zero-order valence-electron chi connectivity index (χ0n) is 21.2. The monoisotopic (exact) mass is 525 g/mol. The van der Waals surface area contributed by atoms with Gasteiger partial charge in [0.1, 0.15) is 5.75 Å². The van der Waals surface area contributed by atoms with Gasteiger partial charge in [0.15, 0.2) is 11.6 Å². The average Bonchev–Trinajstić information content (AvgIpc) is 3.71. The lowest BCUT2D eigenvalue weighted by atomic mass is 9.60. The van der Waals surface area contributed by atoms with E-state index in [1.54, 1.807) is 43.7 Å². The van der Waals surface area contributed by atoms with Gasteiger partial charge in [-0.05, 0) is 73.8 Å². The summed E-state index contributed by atoms with van der Waals surface area (Å²) in [6.07, 6.45) is 3.64. The third-order valence-corrected chi connectivity index (χ3v) is 8.60. The van der Waals surface area contributed by atoms with Gasteiger partial charge in [0.2, 0.25) is 0 Å². The maximum Gasteiger partial charge on any atom is 0.394 e. The van der Waals surface area contributed by atoms with Gasteiger partial charge in [0, 0.05) is 31.4 Å². The minimum atomic E-state index is -4.20. The number of phenols is 1. The Morgan fingerprint density at radius 2 is 1.84 bits per heavy atom. The van der Waals surface area contributed by atoms with E-state index in [4.69, 9.17) is 0 Å². The molecule has 0 radical (unpaired) electrons. The third kappa shape index (κ3) is 4.43. The number of hydrogen-bond donors (Lipinski definition) is 1. The van der Waals surface area contributed by atoms with Crippen LogP contribution in [0, 0.1) is 11.3 Å². The first kappa shape index (κ1) is 24.9. The van der Waals surface area contributed by atoms with E-state index >= 15 is 0 Å². The van der Waals surface area contributed by atoms with E-state index < -0.39 is 11.6 Å². The van der Waals surface area contributed by atoms with Crippen LogP contribution < -0.4 is 10.5 Å². The topological polar surface area (TPSA) is 84.1 Å². The molecule has 3 saturated carbocycles. The first-order valence-electron chi connectivity index (χ1n) is 13.2. The lowest BCUT2D eigenvalue weighted by molar-refractivity contribution is -0.250. The summed E-state index contributed by atoms with van der Waals surface area (Å²) in [6.45, 7) is 0. The molecule has 3 atom stereocenters. The molecule has 2 bridgehead atoms. The molecule has 3 aromatic rings. The molecule has 0 unspecified atom stereocenters. The molecule has 200 valence electrons. The highest BCUT2D eigenvalue weighted by Crippen LogP contribution is 2.58. The number of rotatable bonds is 5. The van der Waals surface area contributed by atoms with Crippen LogP contribution >= 0.6 is 0 Å². The third-order valence-electron chi connectivity index (χ3n) is 8.60. The van der Waals surface area contributed by atoms with Crippen molar-refractivity contribution in [1.29, 1.82) is 0 Å². The van der Waals surface area contributed by atoms with Crippen LogP contribution in [0.15, 0.2) is 47.5 Å². The van der Waals surface area contributed by atoms with Crippen molar-refractivity contribution < 1.29 is 18.3 Å². The summed E-state index contributed by atoms with van der Waals surface area (Å²) in [5.74, 6) is 0.745. The number of phenolic OH excluding ortho intramolecular Hbond substituents is 1. The molecule has 38 heavy (non-hydrogen) atoms. The number of aromatic nitrogens is 4. The smallest absolute Gasteiger partial charge is 0.394 e. The largest absolute Gasteiger partial charge is 0.507 e. The summed E-state index contributed by atoms with van der Waals surface area (Å²) in [5.41, 5.74) is -0.0216. The van der Waals surface area contributed by atoms with Crippen molar-refractivity contribution in [3.05, 3.63) is 53.1 Å². The Hall–Kier alpha value is -3.43. The summed E-state index contributed by atoms with van der Waals surface area (Å²) in [6, 6.07) is 8.21. The molecule has 2 heterocycles. The van der Waals surface area contributed by atoms with Gasteiger partial charge in [0.25, 0.3) is 5.56 Å². The van der Waals surface area contributed by atoms with Crippen molar-refractivity contribution in [2.75, 3.05) is 4.90 Å². The highest BCUT2D eigenvalue weighted by atomic mass is 19.4. The Kier molecular flexibility index (Phi) is 5.96. The van der Waals surface area contributed by atoms with Crippen molar-refractivity contribution in [2.45, 2.75) is 69.6 Å². The average molecular weight is 526 g/mol. The maximum atomic E-state index is 14.2. The van der Waals surface area contributed by atoms with E-state index in [-0.39, 0.29) is 54.4 Å². The number of pyridine rings is 1. The van der Waals surface area contributed by atoms with Crippen LogP contribution in [0.5, 0.6) is 5.75 Å². The van der Waals surface area contributed by atoms with Crippen LogP contribution in [-0.2, 0) is 7.05 Å². The van der Waals surface area contributed by atoms with Crippen LogP contribution in [0.3, 0.4) is 0 Å². The predicted molar refractivity (Wildman–Crippen MR) is 137 cm³/mol. The molecular weight excluding hydrogens is 495 g/mol. The van der Waals surface area contributed by atoms with E-state index in [2.05, 4.69) is 15.2 Å². The standard InChI is InChI=1S/C28H30F3N5O2/c1-35-10-8-19(13-25(35)38)18-4-7-22(23(37)12-18)26-32-16-24(33-34-26)36(20-5-6-20)21-11-17-3-2-9-27(14-17,15-21)28(29,30)31/h4,7-8,10,12-13,16-17,20-21,37H,2-3,5-6,9,11,14-15H2,1H3/t17-,21-,27+/m0/s1. The van der Waals surface area contributed by atoms with Gasteiger partial charge in [0.05, 0.1) is 17.2 Å². The molecule has 3 aliphatic carbocycles. The van der Waals surface area contributed by atoms with E-state index in [9.17, 15) is 23.1 Å². The minimum Gasteiger partial charge on any atom is -0.507 e. The Morgan fingerprint density at radius 1 is 1.05 bits per heavy atom. The molecule has 2 aromatic heterocycles. The van der Waals surface area contributed by atoms with Crippen LogP contribution in [0.25, 0.3) is 22.5 Å². The molecule has 6 rings (SSSR count). The number of aromatic hydroxyl groups is 1. The number of halogens is 3. The zero-order chi connectivity index (χ0) is 26.7. The number of aryl methyl sites for hydroxylation is 1. The number of hydrogen-bond acceptors (Lipinski definition) is 6. The molecule has 0 amide bonds. The first-order valence-corrected chi connectivity index (χ1v) is 13.2. The molecule has 1 N–H and O–H groups in total. The highest BCUT2D eigenvalue weighted by Gasteiger charge is 2.60. The molecule has 0 aliphatic heterocycles. The van der Waals surface area contributed by atoms with Crippen molar-refractivity contribution in [3.63, 3.8) is 0 Å². The molecule has 0 spiro atoms. The van der Waals surface area contributed by atoms with Crippen LogP contribution in [0.2, 0.25) is 0 Å². The summed E-state index contributed by atoms with van der Waals surface area (Å²) >= 11 is 0.